The highest BCUT2D eigenvalue weighted by Crippen LogP contribution is 2.24. The molecule has 0 N–H and O–H groups in total. The van der Waals surface area contributed by atoms with E-state index in [1.54, 1.807) is 13.8 Å². The van der Waals surface area contributed by atoms with E-state index in [0.717, 1.165) is 51.4 Å². The van der Waals surface area contributed by atoms with Crippen molar-refractivity contribution in [1.29, 1.82) is 0 Å². The van der Waals surface area contributed by atoms with E-state index in [1.807, 2.05) is 0 Å². The Morgan fingerprint density at radius 1 is 0.227 bits per heavy atom. The van der Waals surface area contributed by atoms with Crippen LogP contribution in [-0.2, 0) is 38.1 Å². The molecule has 0 aromatic heterocycles. The number of esters is 4. The zero-order valence-electron chi connectivity index (χ0n) is 58.4. The topological polar surface area (TPSA) is 105 Å². The molecule has 0 aromatic carbocycles. The molecule has 512 valence electrons. The van der Waals surface area contributed by atoms with Crippen molar-refractivity contribution in [2.24, 2.45) is 0 Å². The van der Waals surface area contributed by atoms with E-state index in [2.05, 4.69) is 26.3 Å². The summed E-state index contributed by atoms with van der Waals surface area (Å²) in [4.78, 5) is 46.4. The first kappa shape index (κ1) is 82.9. The molecule has 0 atom stereocenters. The quantitative estimate of drug-likeness (QED) is 0.134. The molecule has 8 heteroatoms. The molecule has 4 saturated carbocycles. The molecule has 88 heavy (non-hydrogen) atoms. The summed E-state index contributed by atoms with van der Waals surface area (Å²) in [6.07, 6.45) is 83.7. The van der Waals surface area contributed by atoms with E-state index in [1.165, 1.54) is 359 Å². The van der Waals surface area contributed by atoms with Gasteiger partial charge in [0.25, 0.3) is 0 Å². The monoisotopic (exact) mass is 1230 g/mol. The molecule has 0 saturated heterocycles. The lowest BCUT2D eigenvalue weighted by Gasteiger charge is -2.18. The Bertz CT molecular complexity index is 1600. The van der Waals surface area contributed by atoms with Crippen LogP contribution in [0.15, 0.2) is 49.6 Å². The van der Waals surface area contributed by atoms with Crippen molar-refractivity contribution in [3.8, 4) is 0 Å². The van der Waals surface area contributed by atoms with Gasteiger partial charge in [-0.2, -0.15) is 0 Å². The number of carbonyl (C=O) groups is 4. The summed E-state index contributed by atoms with van der Waals surface area (Å²) >= 11 is 0. The molecular weight excluding hydrogens is 1090 g/mol. The third kappa shape index (κ3) is 56.8. The highest BCUT2D eigenvalue weighted by molar-refractivity contribution is 5.87. The van der Waals surface area contributed by atoms with Gasteiger partial charge in [0, 0.05) is 23.3 Å². The van der Waals surface area contributed by atoms with E-state index in [-0.39, 0.29) is 48.3 Å². The fourth-order valence-electron chi connectivity index (χ4n) is 13.1. The molecule has 4 aliphatic carbocycles. The smallest absolute Gasteiger partial charge is 0.333 e. The minimum Gasteiger partial charge on any atom is -0.459 e. The van der Waals surface area contributed by atoms with Gasteiger partial charge in [0.1, 0.15) is 24.4 Å². The molecule has 8 nitrogen and oxygen atoms in total. The largest absolute Gasteiger partial charge is 0.459 e. The van der Waals surface area contributed by atoms with Crippen molar-refractivity contribution in [3.05, 3.63) is 49.6 Å². The molecular formula is C80H144O8. The maximum absolute atomic E-state index is 11.8. The van der Waals surface area contributed by atoms with Gasteiger partial charge in [-0.3, -0.25) is 0 Å². The first-order valence-corrected chi connectivity index (χ1v) is 38.4. The Hall–Kier alpha value is -3.16. The summed E-state index contributed by atoms with van der Waals surface area (Å²) in [6.45, 7) is 17.9. The van der Waals surface area contributed by atoms with Gasteiger partial charge in [-0.1, -0.05) is 322 Å². The first-order valence-electron chi connectivity index (χ1n) is 38.4. The molecule has 4 rings (SSSR count). The Labute approximate surface area is 545 Å². The zero-order valence-corrected chi connectivity index (χ0v) is 58.4. The number of hydrogen-bond acceptors (Lipinski definition) is 8. The third-order valence-corrected chi connectivity index (χ3v) is 18.9. The SMILES string of the molecule is C=C(C)C(=O)OC1CCCCCCCCCCCCCC1.C=C(C)C(=O)OC1CCCCCCCCCCCCCCCCC1.C=CC(=O)OC1CCCCCCCCCCCCCC1.C=CC(=O)OC1CCCCCCCCCCCCCCCCC1. The highest BCUT2D eigenvalue weighted by atomic mass is 16.6. The van der Waals surface area contributed by atoms with Gasteiger partial charge in [-0.05, 0) is 117 Å². The summed E-state index contributed by atoms with van der Waals surface area (Å²) in [7, 11) is 0. The van der Waals surface area contributed by atoms with Crippen LogP contribution < -0.4 is 0 Å². The van der Waals surface area contributed by atoms with Crippen LogP contribution in [0.25, 0.3) is 0 Å². The van der Waals surface area contributed by atoms with Crippen molar-refractivity contribution in [3.63, 3.8) is 0 Å². The Kier molecular flexibility index (Phi) is 60.2. The minimum atomic E-state index is -0.257. The van der Waals surface area contributed by atoms with Crippen LogP contribution in [0.1, 0.15) is 412 Å². The van der Waals surface area contributed by atoms with E-state index in [4.69, 9.17) is 18.9 Å². The Balaban J connectivity index is 0.000000588. The lowest BCUT2D eigenvalue weighted by molar-refractivity contribution is -0.145. The zero-order chi connectivity index (χ0) is 63.9. The molecule has 0 heterocycles. The summed E-state index contributed by atoms with van der Waals surface area (Å²) in [5, 5.41) is 0. The van der Waals surface area contributed by atoms with Crippen molar-refractivity contribution in [2.75, 3.05) is 0 Å². The number of hydrogen-bond donors (Lipinski definition) is 0. The molecule has 4 fully saturated rings. The van der Waals surface area contributed by atoms with E-state index < -0.39 is 0 Å². The van der Waals surface area contributed by atoms with Crippen molar-refractivity contribution >= 4 is 23.9 Å². The Morgan fingerprint density at radius 2 is 0.341 bits per heavy atom. The van der Waals surface area contributed by atoms with Gasteiger partial charge < -0.3 is 18.9 Å². The predicted molar refractivity (Wildman–Crippen MR) is 376 cm³/mol. The molecule has 4 aliphatic rings. The van der Waals surface area contributed by atoms with Crippen molar-refractivity contribution < 1.29 is 38.1 Å². The maximum Gasteiger partial charge on any atom is 0.333 e. The number of ether oxygens (including phenoxy) is 4. The van der Waals surface area contributed by atoms with Gasteiger partial charge in [-0.25, -0.2) is 19.2 Å². The normalized spacial score (nSPS) is 21.4. The van der Waals surface area contributed by atoms with Gasteiger partial charge >= 0.3 is 23.9 Å². The second-order valence-corrected chi connectivity index (χ2v) is 27.5. The van der Waals surface area contributed by atoms with E-state index in [0.29, 0.717) is 11.1 Å². The average Bonchev–Trinajstić information content (AvgIpc) is 3.67. The summed E-state index contributed by atoms with van der Waals surface area (Å²) < 4.78 is 22.2. The molecule has 0 bridgehead atoms. The maximum atomic E-state index is 11.8. The van der Waals surface area contributed by atoms with Crippen LogP contribution in [0.2, 0.25) is 0 Å². The van der Waals surface area contributed by atoms with Crippen LogP contribution in [0, 0.1) is 0 Å². The second-order valence-electron chi connectivity index (χ2n) is 27.5. The molecule has 0 unspecified atom stereocenters. The van der Waals surface area contributed by atoms with Crippen molar-refractivity contribution in [1.82, 2.24) is 0 Å². The second kappa shape index (κ2) is 64.0. The number of rotatable bonds is 8. The number of carbonyl (C=O) groups excluding carboxylic acids is 4. The molecule has 0 aliphatic heterocycles. The first-order chi connectivity index (χ1) is 43.0. The molecule has 0 spiro atoms. The standard InChI is InChI=1S/C22H40O2.C21H38O2.C19H34O2.C18H32O2/c1-20(2)22(23)24-21-18-16-14-12-10-8-6-4-3-5-7-9-11-13-15-17-19-21;1-2-21(22)23-20-18-16-14-12-10-8-6-4-3-5-7-9-11-13-15-17-19-20;1-17(2)19(20)21-18-15-13-11-9-7-5-3-4-6-8-10-12-14-16-18;1-2-18(19)20-17-15-13-11-9-7-5-3-4-6-8-10-12-14-16-17/h21H,1,3-19H2,2H3;2,20H,1,3-19H2;18H,1,3-16H2,2H3;2,17H,1,3-16H2. The fourth-order valence-corrected chi connectivity index (χ4v) is 13.1. The molecule has 0 amide bonds. The lowest BCUT2D eigenvalue weighted by atomic mass is 10.00. The van der Waals surface area contributed by atoms with Crippen molar-refractivity contribution in [2.45, 2.75) is 436 Å². The lowest BCUT2D eigenvalue weighted by Crippen LogP contribution is -2.18. The van der Waals surface area contributed by atoms with Crippen LogP contribution >= 0.6 is 0 Å². The summed E-state index contributed by atoms with van der Waals surface area (Å²) in [5.41, 5.74) is 1.04. The molecule has 0 radical (unpaired) electrons. The highest BCUT2D eigenvalue weighted by Gasteiger charge is 2.18. The molecule has 0 aromatic rings. The summed E-state index contributed by atoms with van der Waals surface area (Å²) in [6, 6.07) is 0. The predicted octanol–water partition coefficient (Wildman–Crippen LogP) is 25.4. The van der Waals surface area contributed by atoms with Crippen LogP contribution in [0.4, 0.5) is 0 Å². The van der Waals surface area contributed by atoms with Gasteiger partial charge in [0.15, 0.2) is 0 Å². The Morgan fingerprint density at radius 3 is 0.455 bits per heavy atom. The minimum absolute atomic E-state index is 0.105. The van der Waals surface area contributed by atoms with Gasteiger partial charge in [0.2, 0.25) is 0 Å². The van der Waals surface area contributed by atoms with E-state index >= 15 is 0 Å². The average molecular weight is 1230 g/mol. The summed E-state index contributed by atoms with van der Waals surface area (Å²) in [5.74, 6) is -0.926. The van der Waals surface area contributed by atoms with E-state index in [9.17, 15) is 19.2 Å². The van der Waals surface area contributed by atoms with Gasteiger partial charge in [-0.15, -0.1) is 0 Å². The fraction of sp³-hybridized carbons (Fsp3) is 0.850. The van der Waals surface area contributed by atoms with Crippen LogP contribution in [-0.4, -0.2) is 48.3 Å². The third-order valence-electron chi connectivity index (χ3n) is 18.9. The van der Waals surface area contributed by atoms with Crippen LogP contribution in [0.5, 0.6) is 0 Å². The van der Waals surface area contributed by atoms with Crippen LogP contribution in [0.3, 0.4) is 0 Å². The van der Waals surface area contributed by atoms with Gasteiger partial charge in [0.05, 0.1) is 0 Å².